The molecule has 8 heteroatoms. The van der Waals surface area contributed by atoms with Crippen LogP contribution in [-0.2, 0) is 14.3 Å². The molecule has 170 valence electrons. The molecule has 2 aromatic rings. The van der Waals surface area contributed by atoms with Gasteiger partial charge in [-0.2, -0.15) is 0 Å². The van der Waals surface area contributed by atoms with Gasteiger partial charge in [0.1, 0.15) is 0 Å². The first-order valence-electron chi connectivity index (χ1n) is 10.7. The van der Waals surface area contributed by atoms with E-state index in [0.29, 0.717) is 42.4 Å². The van der Waals surface area contributed by atoms with Crippen molar-refractivity contribution in [2.24, 2.45) is 0 Å². The fourth-order valence-electron chi connectivity index (χ4n) is 3.66. The second-order valence-corrected chi connectivity index (χ2v) is 9.58. The van der Waals surface area contributed by atoms with Gasteiger partial charge in [0.15, 0.2) is 0 Å². The molecule has 2 heterocycles. The number of benzene rings is 2. The van der Waals surface area contributed by atoms with Crippen LogP contribution in [0.5, 0.6) is 0 Å². The largest absolute Gasteiger partial charge is 0.382 e. The lowest BCUT2D eigenvalue weighted by molar-refractivity contribution is -0.129. The Labute approximate surface area is 203 Å². The Morgan fingerprint density at radius 1 is 1.03 bits per heavy atom. The third-order valence-electron chi connectivity index (χ3n) is 5.46. The van der Waals surface area contributed by atoms with E-state index in [-0.39, 0.29) is 5.91 Å². The van der Waals surface area contributed by atoms with E-state index in [1.165, 1.54) is 0 Å². The lowest BCUT2D eigenvalue weighted by Gasteiger charge is -2.25. The van der Waals surface area contributed by atoms with Crippen LogP contribution in [0.1, 0.15) is 18.4 Å². The highest BCUT2D eigenvalue weighted by Crippen LogP contribution is 2.40. The summed E-state index contributed by atoms with van der Waals surface area (Å²) in [5, 5.41) is 4.52. The minimum Gasteiger partial charge on any atom is -0.382 e. The van der Waals surface area contributed by atoms with E-state index in [1.54, 1.807) is 28.8 Å². The van der Waals surface area contributed by atoms with Crippen molar-refractivity contribution in [2.45, 2.75) is 28.7 Å². The summed E-state index contributed by atoms with van der Waals surface area (Å²) in [6, 6.07) is 12.6. The molecule has 32 heavy (non-hydrogen) atoms. The summed E-state index contributed by atoms with van der Waals surface area (Å²) in [5.74, 6) is -0.0483. The van der Waals surface area contributed by atoms with Crippen LogP contribution >= 0.6 is 35.0 Å². The zero-order valence-electron chi connectivity index (χ0n) is 17.7. The van der Waals surface area contributed by atoms with Crippen LogP contribution in [0.15, 0.2) is 52.3 Å². The van der Waals surface area contributed by atoms with Gasteiger partial charge in [-0.3, -0.25) is 4.79 Å². The van der Waals surface area contributed by atoms with E-state index >= 15 is 0 Å². The highest BCUT2D eigenvalue weighted by atomic mass is 35.5. The van der Waals surface area contributed by atoms with Gasteiger partial charge in [0, 0.05) is 53.9 Å². The van der Waals surface area contributed by atoms with E-state index in [0.717, 1.165) is 47.1 Å². The van der Waals surface area contributed by atoms with Crippen molar-refractivity contribution in [2.75, 3.05) is 44.8 Å². The molecule has 0 radical (unpaired) electrons. The lowest BCUT2D eigenvalue weighted by Crippen LogP contribution is -2.39. The van der Waals surface area contributed by atoms with Gasteiger partial charge in [0.05, 0.1) is 23.3 Å². The summed E-state index contributed by atoms with van der Waals surface area (Å²) >= 11 is 14.7. The number of anilines is 1. The second-order valence-electron chi connectivity index (χ2n) is 7.71. The van der Waals surface area contributed by atoms with Crippen molar-refractivity contribution in [3.05, 3.63) is 58.1 Å². The zero-order chi connectivity index (χ0) is 22.3. The van der Waals surface area contributed by atoms with Gasteiger partial charge in [-0.1, -0.05) is 47.1 Å². The molecule has 0 atom stereocenters. The van der Waals surface area contributed by atoms with Gasteiger partial charge in [-0.15, -0.1) is 0 Å². The van der Waals surface area contributed by atoms with Crippen LogP contribution in [-0.4, -0.2) is 56.4 Å². The maximum atomic E-state index is 12.3. The number of carbonyl (C=O) groups excluding carboxylic acids is 1. The number of nitrogens with one attached hydrogen (secondary N) is 1. The van der Waals surface area contributed by atoms with Gasteiger partial charge in [0.25, 0.3) is 0 Å². The molecule has 0 aromatic heterocycles. The monoisotopic (exact) mass is 492 g/mol. The number of rotatable bonds is 6. The van der Waals surface area contributed by atoms with E-state index in [2.05, 4.69) is 23.5 Å². The first-order valence-corrected chi connectivity index (χ1v) is 12.3. The van der Waals surface area contributed by atoms with Crippen molar-refractivity contribution < 1.29 is 14.3 Å². The number of carbonyl (C=O) groups is 1. The molecular weight excluding hydrogens is 467 g/mol. The number of hydrogen-bond acceptors (Lipinski definition) is 5. The van der Waals surface area contributed by atoms with Crippen LogP contribution in [0.3, 0.4) is 0 Å². The number of halogens is 2. The Hall–Kier alpha value is -1.70. The highest BCUT2D eigenvalue weighted by molar-refractivity contribution is 7.99. The quantitative estimate of drug-likeness (QED) is 0.531. The lowest BCUT2D eigenvalue weighted by atomic mass is 10.1. The predicted octanol–water partition coefficient (Wildman–Crippen LogP) is 5.61. The molecule has 4 rings (SSSR count). The molecule has 2 aromatic carbocycles. The molecule has 0 spiro atoms. The van der Waals surface area contributed by atoms with E-state index in [4.69, 9.17) is 32.7 Å². The van der Waals surface area contributed by atoms with Crippen molar-refractivity contribution in [1.29, 1.82) is 0 Å². The molecule has 5 nitrogen and oxygen atoms in total. The number of nitrogens with zero attached hydrogens (tertiary/aromatic N) is 1. The standard InChI is InChI=1S/C24H26Cl2N2O3S/c25-23-17(5-7-22(29)28-10-14-31-15-11-28)4-6-21(24(23)26)32-20-3-1-2-19(16-20)27-18-8-12-30-13-9-18/h1-7,16,18,27H,8-15H2. The normalized spacial score (nSPS) is 17.6. The summed E-state index contributed by atoms with van der Waals surface area (Å²) in [6.45, 7) is 3.97. The summed E-state index contributed by atoms with van der Waals surface area (Å²) in [5.41, 5.74) is 1.81. The van der Waals surface area contributed by atoms with Crippen molar-refractivity contribution in [3.8, 4) is 0 Å². The Kier molecular flexibility index (Phi) is 8.38. The second kappa shape index (κ2) is 11.4. The maximum absolute atomic E-state index is 12.3. The average molecular weight is 493 g/mol. The van der Waals surface area contributed by atoms with Crippen LogP contribution in [0, 0.1) is 0 Å². The van der Waals surface area contributed by atoms with Crippen LogP contribution < -0.4 is 5.32 Å². The highest BCUT2D eigenvalue weighted by Gasteiger charge is 2.16. The van der Waals surface area contributed by atoms with Crippen LogP contribution in [0.2, 0.25) is 10.0 Å². The molecule has 1 N–H and O–H groups in total. The Morgan fingerprint density at radius 2 is 1.78 bits per heavy atom. The van der Waals surface area contributed by atoms with Gasteiger partial charge in [0.2, 0.25) is 5.91 Å². The minimum atomic E-state index is -0.0483. The molecule has 0 saturated carbocycles. The molecule has 2 aliphatic heterocycles. The number of amides is 1. The van der Waals surface area contributed by atoms with Crippen molar-refractivity contribution in [1.82, 2.24) is 4.90 Å². The van der Waals surface area contributed by atoms with Gasteiger partial charge < -0.3 is 19.7 Å². The van der Waals surface area contributed by atoms with Crippen molar-refractivity contribution >= 4 is 52.6 Å². The molecule has 0 aliphatic carbocycles. The predicted molar refractivity (Wildman–Crippen MR) is 131 cm³/mol. The van der Waals surface area contributed by atoms with E-state index in [1.807, 2.05) is 18.2 Å². The first-order chi connectivity index (χ1) is 15.6. The summed E-state index contributed by atoms with van der Waals surface area (Å²) in [7, 11) is 0. The number of ether oxygens (including phenoxy) is 2. The Morgan fingerprint density at radius 3 is 2.56 bits per heavy atom. The van der Waals surface area contributed by atoms with Crippen LogP contribution in [0.25, 0.3) is 6.08 Å². The Balaban J connectivity index is 1.42. The summed E-state index contributed by atoms with van der Waals surface area (Å²) in [4.78, 5) is 16.1. The molecular formula is C24H26Cl2N2O3S. The fourth-order valence-corrected chi connectivity index (χ4v) is 5.14. The van der Waals surface area contributed by atoms with Crippen LogP contribution in [0.4, 0.5) is 5.69 Å². The van der Waals surface area contributed by atoms with Crippen molar-refractivity contribution in [3.63, 3.8) is 0 Å². The third kappa shape index (κ3) is 6.21. The average Bonchev–Trinajstić information content (AvgIpc) is 2.83. The molecule has 0 unspecified atom stereocenters. The molecule has 2 saturated heterocycles. The van der Waals surface area contributed by atoms with Gasteiger partial charge in [-0.25, -0.2) is 0 Å². The topological polar surface area (TPSA) is 50.8 Å². The smallest absolute Gasteiger partial charge is 0.246 e. The number of morpholine rings is 1. The van der Waals surface area contributed by atoms with Gasteiger partial charge >= 0.3 is 0 Å². The molecule has 2 aliphatic rings. The van der Waals surface area contributed by atoms with Gasteiger partial charge in [-0.05, 0) is 48.7 Å². The minimum absolute atomic E-state index is 0.0483. The van der Waals surface area contributed by atoms with E-state index in [9.17, 15) is 4.79 Å². The maximum Gasteiger partial charge on any atom is 0.246 e. The zero-order valence-corrected chi connectivity index (χ0v) is 20.0. The SMILES string of the molecule is O=C(C=Cc1ccc(Sc2cccc(NC3CCOCC3)c2)c(Cl)c1Cl)N1CCOCC1. The first kappa shape index (κ1) is 23.5. The third-order valence-corrected chi connectivity index (χ3v) is 7.52. The molecule has 0 bridgehead atoms. The molecule has 1 amide bonds. The summed E-state index contributed by atoms with van der Waals surface area (Å²) < 4.78 is 10.7. The Bertz CT molecular complexity index is 974. The van der Waals surface area contributed by atoms with E-state index < -0.39 is 0 Å². The summed E-state index contributed by atoms with van der Waals surface area (Å²) in [6.07, 6.45) is 5.30. The fraction of sp³-hybridized carbons (Fsp3) is 0.375. The molecule has 2 fully saturated rings. The number of hydrogen-bond donors (Lipinski definition) is 1.